The van der Waals surface area contributed by atoms with Crippen molar-refractivity contribution in [2.24, 2.45) is 0 Å². The van der Waals surface area contributed by atoms with E-state index in [1.165, 1.54) is 0 Å². The van der Waals surface area contributed by atoms with E-state index in [2.05, 4.69) is 31.9 Å². The minimum absolute atomic E-state index is 0. The van der Waals surface area contributed by atoms with Gasteiger partial charge in [0.15, 0.2) is 0 Å². The summed E-state index contributed by atoms with van der Waals surface area (Å²) >= 11 is 6.42. The molecule has 0 aliphatic carbocycles. The van der Waals surface area contributed by atoms with Crippen LogP contribution in [0.1, 0.15) is 1.43 Å². The van der Waals surface area contributed by atoms with Crippen molar-refractivity contribution in [2.45, 2.75) is 0 Å². The van der Waals surface area contributed by atoms with Gasteiger partial charge in [0.05, 0.1) is 4.47 Å². The van der Waals surface area contributed by atoms with Gasteiger partial charge in [-0.15, -0.1) is 0 Å². The van der Waals surface area contributed by atoms with Crippen molar-refractivity contribution in [3.8, 4) is 5.75 Å². The Morgan fingerprint density at radius 3 is 2.30 bits per heavy atom. The zero-order chi connectivity index (χ0) is 6.85. The Labute approximate surface area is 99.9 Å². The van der Waals surface area contributed by atoms with Gasteiger partial charge in [0.1, 0.15) is 5.75 Å². The summed E-state index contributed by atoms with van der Waals surface area (Å²) in [6.45, 7) is 0. The molecule has 0 spiro atoms. The second kappa shape index (κ2) is 4.78. The molecule has 0 fully saturated rings. The maximum absolute atomic E-state index is 9.02. The van der Waals surface area contributed by atoms with Crippen LogP contribution in [-0.4, -0.2) is 5.11 Å². The smallest absolute Gasteiger partial charge is 1.00 e. The molecule has 0 amide bonds. The molecule has 0 bridgehead atoms. The number of aromatic hydroxyl groups is 1. The fourth-order valence-electron chi connectivity index (χ4n) is 0.492. The van der Waals surface area contributed by atoms with Crippen LogP contribution in [0, 0.1) is 0 Å². The van der Waals surface area contributed by atoms with Crippen LogP contribution in [-0.2, 0) is 0 Å². The Morgan fingerprint density at radius 2 is 1.90 bits per heavy atom. The molecule has 1 aromatic rings. The third-order valence-electron chi connectivity index (χ3n) is 0.931. The third kappa shape index (κ3) is 2.55. The standard InChI is InChI=1S/C6H4Br2O.Na.H/c7-4-2-1-3-5(9)6(4)8;;/h1-3,9H;;/q;+1;-1. The normalized spacial score (nSPS) is 8.60. The fraction of sp³-hybridized carbons (Fsp3) is 0. The molecule has 0 aromatic heterocycles. The first-order valence-corrected chi connectivity index (χ1v) is 3.93. The van der Waals surface area contributed by atoms with Crippen molar-refractivity contribution in [1.82, 2.24) is 0 Å². The Hall–Kier alpha value is 0.980. The maximum atomic E-state index is 9.02. The average molecular weight is 276 g/mol. The summed E-state index contributed by atoms with van der Waals surface area (Å²) in [4.78, 5) is 0. The number of halogens is 2. The van der Waals surface area contributed by atoms with E-state index in [0.29, 0.717) is 4.47 Å². The summed E-state index contributed by atoms with van der Waals surface area (Å²) in [6.07, 6.45) is 0. The van der Waals surface area contributed by atoms with E-state index in [-0.39, 0.29) is 36.7 Å². The maximum Gasteiger partial charge on any atom is 1.00 e. The number of hydrogen-bond donors (Lipinski definition) is 1. The number of hydrogen-bond acceptors (Lipinski definition) is 1. The Morgan fingerprint density at radius 1 is 1.30 bits per heavy atom. The molecule has 0 radical (unpaired) electrons. The molecule has 1 rings (SSSR count). The van der Waals surface area contributed by atoms with E-state index in [9.17, 15) is 0 Å². The predicted molar refractivity (Wildman–Crippen MR) is 44.6 cm³/mol. The predicted octanol–water partition coefficient (Wildman–Crippen LogP) is 0.0337. The van der Waals surface area contributed by atoms with Crippen molar-refractivity contribution in [1.29, 1.82) is 0 Å². The summed E-state index contributed by atoms with van der Waals surface area (Å²) in [5, 5.41) is 9.02. The minimum Gasteiger partial charge on any atom is -1.00 e. The van der Waals surface area contributed by atoms with Crippen molar-refractivity contribution in [3.05, 3.63) is 27.1 Å². The monoisotopic (exact) mass is 274 g/mol. The van der Waals surface area contributed by atoms with Crippen LogP contribution < -0.4 is 29.6 Å². The van der Waals surface area contributed by atoms with Gasteiger partial charge in [-0.3, -0.25) is 0 Å². The molecule has 0 aliphatic heterocycles. The van der Waals surface area contributed by atoms with Crippen molar-refractivity contribution in [2.75, 3.05) is 0 Å². The van der Waals surface area contributed by atoms with Crippen LogP contribution in [0.2, 0.25) is 0 Å². The zero-order valence-electron chi connectivity index (χ0n) is 6.44. The topological polar surface area (TPSA) is 20.2 Å². The van der Waals surface area contributed by atoms with Crippen LogP contribution in [0.25, 0.3) is 0 Å². The first-order chi connectivity index (χ1) is 4.22. The van der Waals surface area contributed by atoms with E-state index >= 15 is 0 Å². The molecular formula is C6H5Br2NaO. The molecule has 1 nitrogen and oxygen atoms in total. The second-order valence-electron chi connectivity index (χ2n) is 1.57. The summed E-state index contributed by atoms with van der Waals surface area (Å²) in [5.74, 6) is 0.254. The van der Waals surface area contributed by atoms with E-state index in [1.807, 2.05) is 6.07 Å². The summed E-state index contributed by atoms with van der Waals surface area (Å²) in [7, 11) is 0. The number of phenols is 1. The zero-order valence-corrected chi connectivity index (χ0v) is 10.6. The van der Waals surface area contributed by atoms with Crippen LogP contribution in [0.15, 0.2) is 27.1 Å². The summed E-state index contributed by atoms with van der Waals surface area (Å²) in [6, 6.07) is 5.24. The van der Waals surface area contributed by atoms with Gasteiger partial charge in [0, 0.05) is 4.47 Å². The van der Waals surface area contributed by atoms with Crippen molar-refractivity contribution < 1.29 is 36.1 Å². The third-order valence-corrected chi connectivity index (χ3v) is 2.96. The van der Waals surface area contributed by atoms with Crippen molar-refractivity contribution in [3.63, 3.8) is 0 Å². The molecule has 4 heteroatoms. The number of benzene rings is 1. The summed E-state index contributed by atoms with van der Waals surface area (Å²) < 4.78 is 1.56. The first kappa shape index (κ1) is 11.0. The largest absolute Gasteiger partial charge is 1.00 e. The first-order valence-electron chi connectivity index (χ1n) is 2.35. The second-order valence-corrected chi connectivity index (χ2v) is 3.22. The molecule has 0 saturated carbocycles. The van der Waals surface area contributed by atoms with Gasteiger partial charge >= 0.3 is 29.6 Å². The molecule has 0 saturated heterocycles. The molecule has 0 unspecified atom stereocenters. The molecule has 50 valence electrons. The molecule has 10 heavy (non-hydrogen) atoms. The van der Waals surface area contributed by atoms with E-state index < -0.39 is 0 Å². The van der Waals surface area contributed by atoms with Gasteiger partial charge in [-0.2, -0.15) is 0 Å². The van der Waals surface area contributed by atoms with E-state index in [4.69, 9.17) is 5.11 Å². The average Bonchev–Trinajstić information content (AvgIpc) is 1.83. The molecule has 1 aromatic carbocycles. The van der Waals surface area contributed by atoms with Gasteiger partial charge in [0.2, 0.25) is 0 Å². The van der Waals surface area contributed by atoms with Crippen LogP contribution in [0.4, 0.5) is 0 Å². The minimum atomic E-state index is 0. The molecule has 0 atom stereocenters. The molecule has 0 heterocycles. The van der Waals surface area contributed by atoms with Gasteiger partial charge in [0.25, 0.3) is 0 Å². The summed E-state index contributed by atoms with van der Waals surface area (Å²) in [5.41, 5.74) is 0. The van der Waals surface area contributed by atoms with Gasteiger partial charge < -0.3 is 6.53 Å². The number of phenolic OH excluding ortho intramolecular Hbond substituents is 1. The van der Waals surface area contributed by atoms with Crippen LogP contribution in [0.5, 0.6) is 5.75 Å². The Balaban J connectivity index is 0. The van der Waals surface area contributed by atoms with Gasteiger partial charge in [-0.25, -0.2) is 0 Å². The van der Waals surface area contributed by atoms with Crippen LogP contribution in [0.3, 0.4) is 0 Å². The SMILES string of the molecule is Oc1cccc(Br)c1Br.[H-].[Na+]. The molecule has 0 aliphatic rings. The quantitative estimate of drug-likeness (QED) is 0.663. The number of rotatable bonds is 0. The van der Waals surface area contributed by atoms with E-state index in [1.54, 1.807) is 12.1 Å². The van der Waals surface area contributed by atoms with Gasteiger partial charge in [-0.1, -0.05) is 6.07 Å². The Bertz CT molecular complexity index is 212. The van der Waals surface area contributed by atoms with Crippen molar-refractivity contribution >= 4 is 31.9 Å². The molecular weight excluding hydrogens is 271 g/mol. The fourth-order valence-corrected chi connectivity index (χ4v) is 1.11. The van der Waals surface area contributed by atoms with Crippen LogP contribution >= 0.6 is 31.9 Å². The van der Waals surface area contributed by atoms with Gasteiger partial charge in [-0.05, 0) is 44.0 Å². The molecule has 1 N–H and O–H groups in total. The Kier molecular flexibility index (Phi) is 5.24. The van der Waals surface area contributed by atoms with E-state index in [0.717, 1.165) is 4.47 Å².